The Bertz CT molecular complexity index is 786. The normalized spacial score (nSPS) is 11.1. The topological polar surface area (TPSA) is 98.5 Å². The second-order valence-corrected chi connectivity index (χ2v) is 8.32. The Morgan fingerprint density at radius 3 is 2.57 bits per heavy atom. The summed E-state index contributed by atoms with van der Waals surface area (Å²) in [6.45, 7) is 0. The quantitative estimate of drug-likeness (QED) is 0.818. The van der Waals surface area contributed by atoms with Crippen LogP contribution in [0.2, 0.25) is 0 Å². The van der Waals surface area contributed by atoms with E-state index in [-0.39, 0.29) is 15.5 Å². The zero-order valence-corrected chi connectivity index (χ0v) is 14.0. The number of nitrogens with one attached hydrogen (secondary N) is 1. The summed E-state index contributed by atoms with van der Waals surface area (Å²) in [6, 6.07) is 7.38. The van der Waals surface area contributed by atoms with Crippen LogP contribution in [0.3, 0.4) is 0 Å². The van der Waals surface area contributed by atoms with E-state index >= 15 is 0 Å². The number of sulfonamides is 1. The Hall–Kier alpha value is -1.58. The Balaban J connectivity index is 2.42. The van der Waals surface area contributed by atoms with E-state index in [9.17, 15) is 13.2 Å². The van der Waals surface area contributed by atoms with Gasteiger partial charge in [-0.25, -0.2) is 8.42 Å². The van der Waals surface area contributed by atoms with Gasteiger partial charge in [0.2, 0.25) is 5.91 Å². The van der Waals surface area contributed by atoms with Crippen LogP contribution in [-0.2, 0) is 10.0 Å². The molecule has 0 saturated heterocycles. The lowest BCUT2D eigenvalue weighted by atomic mass is 10.2. The van der Waals surface area contributed by atoms with Gasteiger partial charge in [-0.2, -0.15) is 0 Å². The first kappa shape index (κ1) is 15.8. The van der Waals surface area contributed by atoms with Crippen LogP contribution >= 0.6 is 27.3 Å². The number of carbonyl (C=O) groups excluding carboxylic acids is 1. The zero-order chi connectivity index (χ0) is 15.6. The van der Waals surface area contributed by atoms with Crippen molar-refractivity contribution in [1.29, 1.82) is 0 Å². The van der Waals surface area contributed by atoms with E-state index in [0.29, 0.717) is 9.54 Å². The molecule has 1 amide bonds. The van der Waals surface area contributed by atoms with Crippen molar-refractivity contribution in [1.82, 2.24) is 0 Å². The molecule has 0 atom stereocenters. The molecule has 0 aliphatic rings. The summed E-state index contributed by atoms with van der Waals surface area (Å²) in [5.41, 5.74) is 5.52. The van der Waals surface area contributed by atoms with E-state index < -0.39 is 15.9 Å². The molecular weight excluding hydrogens is 380 g/mol. The number of rotatable bonds is 5. The molecule has 0 fully saturated rings. The van der Waals surface area contributed by atoms with E-state index in [1.807, 2.05) is 0 Å². The van der Waals surface area contributed by atoms with Crippen molar-refractivity contribution < 1.29 is 17.9 Å². The summed E-state index contributed by atoms with van der Waals surface area (Å²) >= 11 is 4.28. The number of nitrogens with two attached hydrogens (primary N) is 1. The number of ether oxygens (including phenoxy) is 1. The lowest BCUT2D eigenvalue weighted by molar-refractivity contribution is 0.100. The van der Waals surface area contributed by atoms with Gasteiger partial charge in [-0.1, -0.05) is 0 Å². The minimum atomic E-state index is -3.76. The van der Waals surface area contributed by atoms with Crippen molar-refractivity contribution in [3.63, 3.8) is 0 Å². The summed E-state index contributed by atoms with van der Waals surface area (Å²) < 4.78 is 32.9. The molecular formula is C12H11BrN2O4S2. The largest absolute Gasteiger partial charge is 0.495 e. The van der Waals surface area contributed by atoms with Gasteiger partial charge >= 0.3 is 0 Å². The molecule has 0 aliphatic heterocycles. The second-order valence-electron chi connectivity index (χ2n) is 3.94. The molecule has 0 saturated carbocycles. The summed E-state index contributed by atoms with van der Waals surface area (Å²) in [7, 11) is -2.36. The maximum atomic E-state index is 12.3. The molecule has 3 N–H and O–H groups in total. The number of carbonyl (C=O) groups is 1. The maximum Gasteiger partial charge on any atom is 0.271 e. The number of anilines is 1. The van der Waals surface area contributed by atoms with E-state index in [0.717, 1.165) is 11.3 Å². The molecule has 21 heavy (non-hydrogen) atoms. The number of hydrogen-bond donors (Lipinski definition) is 2. The van der Waals surface area contributed by atoms with Crippen LogP contribution in [0.4, 0.5) is 5.69 Å². The number of methoxy groups -OCH3 is 1. The number of hydrogen-bond acceptors (Lipinski definition) is 5. The van der Waals surface area contributed by atoms with Crippen LogP contribution in [0.25, 0.3) is 0 Å². The third-order valence-corrected chi connectivity index (χ3v) is 6.02. The van der Waals surface area contributed by atoms with Gasteiger partial charge in [0, 0.05) is 5.56 Å². The number of benzene rings is 1. The average Bonchev–Trinajstić information content (AvgIpc) is 2.85. The molecule has 0 aliphatic carbocycles. The molecule has 0 bridgehead atoms. The molecule has 0 radical (unpaired) electrons. The predicted octanol–water partition coefficient (Wildman–Crippen LogP) is 2.42. The highest BCUT2D eigenvalue weighted by Crippen LogP contribution is 2.31. The number of amides is 1. The molecule has 6 nitrogen and oxygen atoms in total. The van der Waals surface area contributed by atoms with E-state index in [1.54, 1.807) is 6.07 Å². The van der Waals surface area contributed by atoms with Gasteiger partial charge in [0.05, 0.1) is 16.6 Å². The van der Waals surface area contributed by atoms with Gasteiger partial charge in [-0.3, -0.25) is 9.52 Å². The molecule has 2 aromatic rings. The Morgan fingerprint density at radius 2 is 2.05 bits per heavy atom. The summed E-state index contributed by atoms with van der Waals surface area (Å²) in [5.74, 6) is -0.365. The third kappa shape index (κ3) is 3.55. The van der Waals surface area contributed by atoms with Crippen LogP contribution in [0.1, 0.15) is 10.4 Å². The van der Waals surface area contributed by atoms with Gasteiger partial charge < -0.3 is 10.5 Å². The fraction of sp³-hybridized carbons (Fsp3) is 0.0833. The lowest BCUT2D eigenvalue weighted by Crippen LogP contribution is -2.15. The Labute approximate surface area is 134 Å². The SMILES string of the molecule is COc1ccc(C(N)=O)cc1NS(=O)(=O)c1ccc(Br)s1. The van der Waals surface area contributed by atoms with Crippen LogP contribution in [0, 0.1) is 0 Å². The highest BCUT2D eigenvalue weighted by Gasteiger charge is 2.19. The molecule has 9 heteroatoms. The zero-order valence-electron chi connectivity index (χ0n) is 10.8. The monoisotopic (exact) mass is 390 g/mol. The Morgan fingerprint density at radius 1 is 1.33 bits per heavy atom. The first-order valence-corrected chi connectivity index (χ1v) is 8.69. The molecule has 2 rings (SSSR count). The summed E-state index contributed by atoms with van der Waals surface area (Å²) in [6.07, 6.45) is 0. The third-order valence-electron chi connectivity index (χ3n) is 2.54. The number of primary amides is 1. The molecule has 0 spiro atoms. The van der Waals surface area contributed by atoms with Crippen molar-refractivity contribution in [3.05, 3.63) is 39.7 Å². The van der Waals surface area contributed by atoms with Crippen molar-refractivity contribution in [2.24, 2.45) is 5.73 Å². The van der Waals surface area contributed by atoms with Crippen molar-refractivity contribution in [3.8, 4) is 5.75 Å². The highest BCUT2D eigenvalue weighted by atomic mass is 79.9. The molecule has 0 unspecified atom stereocenters. The smallest absolute Gasteiger partial charge is 0.271 e. The van der Waals surface area contributed by atoms with Gasteiger partial charge in [0.1, 0.15) is 9.96 Å². The standard InChI is InChI=1S/C12H11BrN2O4S2/c1-19-9-3-2-7(12(14)16)6-8(9)15-21(17,18)11-5-4-10(13)20-11/h2-6,15H,1H3,(H2,14,16). The highest BCUT2D eigenvalue weighted by molar-refractivity contribution is 9.11. The first-order valence-electron chi connectivity index (χ1n) is 5.59. The molecule has 1 aromatic heterocycles. The van der Waals surface area contributed by atoms with Crippen molar-refractivity contribution in [2.75, 3.05) is 11.8 Å². The van der Waals surface area contributed by atoms with Crippen molar-refractivity contribution >= 4 is 48.9 Å². The minimum absolute atomic E-state index is 0.140. The van der Waals surface area contributed by atoms with Gasteiger partial charge in [-0.15, -0.1) is 11.3 Å². The maximum absolute atomic E-state index is 12.3. The van der Waals surface area contributed by atoms with E-state index in [4.69, 9.17) is 10.5 Å². The van der Waals surface area contributed by atoms with Gasteiger partial charge in [0.25, 0.3) is 10.0 Å². The molecule has 1 aromatic carbocycles. The second kappa shape index (κ2) is 6.04. The summed E-state index contributed by atoms with van der Waals surface area (Å²) in [4.78, 5) is 11.2. The Kier molecular flexibility index (Phi) is 4.55. The molecule has 112 valence electrons. The van der Waals surface area contributed by atoms with Crippen LogP contribution in [0.5, 0.6) is 5.75 Å². The fourth-order valence-electron chi connectivity index (χ4n) is 1.58. The van der Waals surface area contributed by atoms with Gasteiger partial charge in [0.15, 0.2) is 0 Å². The van der Waals surface area contributed by atoms with Crippen molar-refractivity contribution in [2.45, 2.75) is 4.21 Å². The predicted molar refractivity (Wildman–Crippen MR) is 84.3 cm³/mol. The van der Waals surface area contributed by atoms with E-state index in [1.165, 1.54) is 31.4 Å². The van der Waals surface area contributed by atoms with Crippen LogP contribution in [0.15, 0.2) is 38.3 Å². The summed E-state index contributed by atoms with van der Waals surface area (Å²) in [5, 5.41) is 0. The fourth-order valence-corrected chi connectivity index (χ4v) is 4.65. The first-order chi connectivity index (χ1) is 9.83. The minimum Gasteiger partial charge on any atom is -0.495 e. The van der Waals surface area contributed by atoms with E-state index in [2.05, 4.69) is 20.7 Å². The van der Waals surface area contributed by atoms with Gasteiger partial charge in [-0.05, 0) is 46.3 Å². The number of halogens is 1. The number of thiophene rings is 1. The molecule has 1 heterocycles. The van der Waals surface area contributed by atoms with Crippen LogP contribution in [-0.4, -0.2) is 21.4 Å². The lowest BCUT2D eigenvalue weighted by Gasteiger charge is -2.11. The van der Waals surface area contributed by atoms with Crippen LogP contribution < -0.4 is 15.2 Å². The average molecular weight is 391 g/mol.